The highest BCUT2D eigenvalue weighted by molar-refractivity contribution is 7.89. The lowest BCUT2D eigenvalue weighted by Crippen LogP contribution is -2.37. The Labute approximate surface area is 102 Å². The molecule has 0 aliphatic heterocycles. The van der Waals surface area contributed by atoms with Crippen LogP contribution in [-0.4, -0.2) is 38.1 Å². The van der Waals surface area contributed by atoms with E-state index in [1.165, 1.54) is 6.20 Å². The van der Waals surface area contributed by atoms with E-state index in [1.54, 1.807) is 7.11 Å². The summed E-state index contributed by atoms with van der Waals surface area (Å²) in [5, 5.41) is 0.101. The molecule has 1 rings (SSSR count). The molecule has 0 fully saturated rings. The number of nitrogens with zero attached hydrogens (tertiary/aromatic N) is 1. The van der Waals surface area contributed by atoms with Crippen molar-refractivity contribution < 1.29 is 13.2 Å². The Hall–Kier alpha value is -0.920. The first-order valence-corrected chi connectivity index (χ1v) is 7.07. The summed E-state index contributed by atoms with van der Waals surface area (Å²) < 4.78 is 31.5. The van der Waals surface area contributed by atoms with E-state index in [2.05, 4.69) is 14.7 Å². The normalized spacial score (nSPS) is 13.8. The molecule has 17 heavy (non-hydrogen) atoms. The minimum Gasteiger partial charge on any atom is -0.383 e. The molecule has 1 atom stereocenters. The Kier molecular flexibility index (Phi) is 5.10. The molecular formula is C10H19N3O3S. The van der Waals surface area contributed by atoms with Gasteiger partial charge in [0.05, 0.1) is 12.8 Å². The zero-order valence-electron chi connectivity index (χ0n) is 10.4. The van der Waals surface area contributed by atoms with Crippen molar-refractivity contribution in [1.82, 2.24) is 14.7 Å². The molecule has 0 aliphatic carbocycles. The van der Waals surface area contributed by atoms with E-state index in [0.29, 0.717) is 25.3 Å². The third kappa shape index (κ3) is 3.79. The van der Waals surface area contributed by atoms with Crippen molar-refractivity contribution in [3.63, 3.8) is 0 Å². The number of aromatic amines is 1. The molecule has 0 amide bonds. The van der Waals surface area contributed by atoms with Crippen LogP contribution >= 0.6 is 0 Å². The van der Waals surface area contributed by atoms with Crippen LogP contribution in [0.1, 0.15) is 26.1 Å². The monoisotopic (exact) mass is 261 g/mol. The fraction of sp³-hybridized carbons (Fsp3) is 0.700. The van der Waals surface area contributed by atoms with Gasteiger partial charge >= 0.3 is 0 Å². The smallest absolute Gasteiger partial charge is 0.257 e. The first-order valence-electron chi connectivity index (χ1n) is 5.58. The Morgan fingerprint density at radius 2 is 2.24 bits per heavy atom. The van der Waals surface area contributed by atoms with E-state index >= 15 is 0 Å². The Bertz CT molecular complexity index is 441. The van der Waals surface area contributed by atoms with Crippen LogP contribution < -0.4 is 4.72 Å². The second-order valence-electron chi connectivity index (χ2n) is 3.73. The number of hydrogen-bond acceptors (Lipinski definition) is 4. The summed E-state index contributed by atoms with van der Waals surface area (Å²) in [4.78, 5) is 6.75. The van der Waals surface area contributed by atoms with Gasteiger partial charge in [-0.25, -0.2) is 18.1 Å². The summed E-state index contributed by atoms with van der Waals surface area (Å²) in [5.74, 6) is 0.658. The van der Waals surface area contributed by atoms with Gasteiger partial charge in [0.2, 0.25) is 0 Å². The summed E-state index contributed by atoms with van der Waals surface area (Å²) in [6.45, 7) is 4.16. The predicted octanol–water partition coefficient (Wildman–Crippen LogP) is 0.675. The van der Waals surface area contributed by atoms with E-state index in [9.17, 15) is 8.42 Å². The first kappa shape index (κ1) is 14.1. The molecule has 0 saturated carbocycles. The third-order valence-electron chi connectivity index (χ3n) is 2.41. The van der Waals surface area contributed by atoms with Crippen LogP contribution in [0.15, 0.2) is 11.2 Å². The Morgan fingerprint density at radius 3 is 2.71 bits per heavy atom. The first-order chi connectivity index (χ1) is 8.03. The topological polar surface area (TPSA) is 84.1 Å². The number of methoxy groups -OCH3 is 1. The highest BCUT2D eigenvalue weighted by atomic mass is 32.2. The summed E-state index contributed by atoms with van der Waals surface area (Å²) >= 11 is 0. The van der Waals surface area contributed by atoms with Gasteiger partial charge < -0.3 is 9.72 Å². The maximum absolute atomic E-state index is 12.0. The number of aromatic nitrogens is 2. The molecule has 1 heterocycles. The number of hydrogen-bond donors (Lipinski definition) is 2. The van der Waals surface area contributed by atoms with Crippen LogP contribution in [0.2, 0.25) is 0 Å². The molecule has 0 saturated heterocycles. The zero-order chi connectivity index (χ0) is 12.9. The molecule has 0 radical (unpaired) electrons. The molecule has 7 heteroatoms. The highest BCUT2D eigenvalue weighted by Crippen LogP contribution is 2.07. The highest BCUT2D eigenvalue weighted by Gasteiger charge is 2.20. The van der Waals surface area contributed by atoms with E-state index in [4.69, 9.17) is 4.74 Å². The second kappa shape index (κ2) is 6.13. The van der Waals surface area contributed by atoms with Crippen LogP contribution in [0, 0.1) is 0 Å². The number of ether oxygens (including phenoxy) is 1. The van der Waals surface area contributed by atoms with Gasteiger partial charge in [-0.1, -0.05) is 13.8 Å². The largest absolute Gasteiger partial charge is 0.383 e. The van der Waals surface area contributed by atoms with E-state index in [1.807, 2.05) is 13.8 Å². The predicted molar refractivity (Wildman–Crippen MR) is 64.2 cm³/mol. The molecule has 2 N–H and O–H groups in total. The Morgan fingerprint density at radius 1 is 1.53 bits per heavy atom. The van der Waals surface area contributed by atoms with Crippen molar-refractivity contribution in [2.75, 3.05) is 13.7 Å². The van der Waals surface area contributed by atoms with Crippen LogP contribution in [0.5, 0.6) is 0 Å². The van der Waals surface area contributed by atoms with Gasteiger partial charge in [0, 0.05) is 19.6 Å². The quantitative estimate of drug-likeness (QED) is 0.756. The molecule has 0 aromatic carbocycles. The lowest BCUT2D eigenvalue weighted by molar-refractivity contribution is 0.173. The van der Waals surface area contributed by atoms with Gasteiger partial charge in [-0.15, -0.1) is 0 Å². The summed E-state index contributed by atoms with van der Waals surface area (Å²) in [6, 6.07) is -0.224. The van der Waals surface area contributed by atoms with Gasteiger partial charge in [-0.2, -0.15) is 0 Å². The Balaban J connectivity index is 2.80. The molecule has 1 aromatic rings. The maximum atomic E-state index is 12.0. The fourth-order valence-electron chi connectivity index (χ4n) is 1.38. The van der Waals surface area contributed by atoms with E-state index in [-0.39, 0.29) is 11.1 Å². The van der Waals surface area contributed by atoms with Gasteiger partial charge in [0.25, 0.3) is 10.0 Å². The molecule has 98 valence electrons. The van der Waals surface area contributed by atoms with Crippen molar-refractivity contribution in [1.29, 1.82) is 0 Å². The molecule has 6 nitrogen and oxygen atoms in total. The van der Waals surface area contributed by atoms with Crippen molar-refractivity contribution in [2.45, 2.75) is 37.8 Å². The number of aryl methyl sites for hydroxylation is 1. The number of H-pyrrole nitrogens is 1. The third-order valence-corrected chi connectivity index (χ3v) is 3.84. The molecule has 1 aromatic heterocycles. The van der Waals surface area contributed by atoms with Crippen LogP contribution in [-0.2, 0) is 21.2 Å². The minimum absolute atomic E-state index is 0.101. The van der Waals surface area contributed by atoms with Gasteiger partial charge in [-0.05, 0) is 6.42 Å². The van der Waals surface area contributed by atoms with Crippen molar-refractivity contribution in [3.8, 4) is 0 Å². The molecule has 0 aliphatic rings. The summed E-state index contributed by atoms with van der Waals surface area (Å²) in [6.07, 6.45) is 2.67. The van der Waals surface area contributed by atoms with Crippen molar-refractivity contribution in [3.05, 3.63) is 12.0 Å². The van der Waals surface area contributed by atoms with Crippen molar-refractivity contribution >= 4 is 10.0 Å². The lowest BCUT2D eigenvalue weighted by atomic mass is 10.3. The standard InChI is InChI=1S/C10H19N3O3S/c1-4-8(7-16-3)13-17(14,15)10-6-11-9(5-2)12-10/h6,8,13H,4-5,7H2,1-3H3,(H,11,12). The zero-order valence-corrected chi connectivity index (χ0v) is 11.2. The lowest BCUT2D eigenvalue weighted by Gasteiger charge is -2.14. The van der Waals surface area contributed by atoms with Crippen molar-refractivity contribution in [2.24, 2.45) is 0 Å². The van der Waals surface area contributed by atoms with Crippen LogP contribution in [0.25, 0.3) is 0 Å². The molecular weight excluding hydrogens is 242 g/mol. The number of imidazole rings is 1. The number of sulfonamides is 1. The fourth-order valence-corrected chi connectivity index (χ4v) is 2.62. The molecule has 1 unspecified atom stereocenters. The van der Waals surface area contributed by atoms with Crippen LogP contribution in [0.4, 0.5) is 0 Å². The average Bonchev–Trinajstić information content (AvgIpc) is 2.77. The number of rotatable bonds is 7. The molecule has 0 bridgehead atoms. The van der Waals surface area contributed by atoms with E-state index in [0.717, 1.165) is 0 Å². The average molecular weight is 261 g/mol. The summed E-state index contributed by atoms with van der Waals surface area (Å²) in [7, 11) is -1.99. The second-order valence-corrected chi connectivity index (χ2v) is 5.41. The SMILES string of the molecule is CCc1ncc(S(=O)(=O)NC(CC)COC)[nH]1. The number of nitrogens with one attached hydrogen (secondary N) is 2. The van der Waals surface area contributed by atoms with Gasteiger partial charge in [0.1, 0.15) is 5.82 Å². The summed E-state index contributed by atoms with van der Waals surface area (Å²) in [5.41, 5.74) is 0. The minimum atomic E-state index is -3.53. The van der Waals surface area contributed by atoms with Crippen LogP contribution in [0.3, 0.4) is 0 Å². The van der Waals surface area contributed by atoms with E-state index < -0.39 is 10.0 Å². The maximum Gasteiger partial charge on any atom is 0.257 e. The van der Waals surface area contributed by atoms with Gasteiger partial charge in [-0.3, -0.25) is 0 Å². The molecule has 0 spiro atoms. The van der Waals surface area contributed by atoms with Gasteiger partial charge in [0.15, 0.2) is 5.03 Å².